The van der Waals surface area contributed by atoms with Gasteiger partial charge in [0.2, 0.25) is 11.7 Å². The molecular weight excluding hydrogens is 320 g/mol. The fourth-order valence-corrected chi connectivity index (χ4v) is 3.23. The highest BCUT2D eigenvalue weighted by molar-refractivity contribution is 9.10. The topological polar surface area (TPSA) is 63.8 Å². The maximum Gasteiger partial charge on any atom is 0.247 e. The van der Waals surface area contributed by atoms with Crippen molar-refractivity contribution in [1.82, 2.24) is 20.4 Å². The molecule has 20 heavy (non-hydrogen) atoms. The molecule has 3 heterocycles. The molecule has 1 aliphatic rings. The van der Waals surface area contributed by atoms with Crippen LogP contribution in [0.15, 0.2) is 27.3 Å². The second kappa shape index (κ2) is 5.61. The summed E-state index contributed by atoms with van der Waals surface area (Å²) >= 11 is 3.47. The zero-order valence-electron chi connectivity index (χ0n) is 11.4. The third-order valence-electron chi connectivity index (χ3n) is 3.73. The van der Waals surface area contributed by atoms with Gasteiger partial charge >= 0.3 is 0 Å². The Labute approximate surface area is 126 Å². The number of halogens is 1. The molecule has 1 saturated heterocycles. The van der Waals surface area contributed by atoms with Gasteiger partial charge in [-0.05, 0) is 53.9 Å². The van der Waals surface area contributed by atoms with Gasteiger partial charge in [-0.2, -0.15) is 4.98 Å². The first-order chi connectivity index (χ1) is 9.75. The average molecular weight is 337 g/mol. The minimum atomic E-state index is -0.152. The van der Waals surface area contributed by atoms with Gasteiger partial charge in [0, 0.05) is 10.7 Å². The SMILES string of the molecule is CCCC1(c2nc(-c3ncccc3Br)no2)CCCN1. The van der Waals surface area contributed by atoms with Crippen LogP contribution in [0.1, 0.15) is 38.5 Å². The minimum Gasteiger partial charge on any atom is -0.337 e. The molecule has 0 spiro atoms. The summed E-state index contributed by atoms with van der Waals surface area (Å²) in [6.07, 6.45) is 6.01. The molecule has 6 heteroatoms. The van der Waals surface area contributed by atoms with Gasteiger partial charge in [-0.15, -0.1) is 0 Å². The van der Waals surface area contributed by atoms with Crippen molar-refractivity contribution in [1.29, 1.82) is 0 Å². The molecule has 0 saturated carbocycles. The summed E-state index contributed by atoms with van der Waals surface area (Å²) in [5.41, 5.74) is 0.563. The van der Waals surface area contributed by atoms with E-state index in [1.807, 2.05) is 12.1 Å². The zero-order chi connectivity index (χ0) is 14.0. The van der Waals surface area contributed by atoms with E-state index in [1.54, 1.807) is 6.20 Å². The molecule has 106 valence electrons. The first-order valence-corrected chi connectivity index (χ1v) is 7.74. The molecule has 0 bridgehead atoms. The fraction of sp³-hybridized carbons (Fsp3) is 0.500. The molecule has 2 aromatic heterocycles. The highest BCUT2D eigenvalue weighted by Gasteiger charge is 2.39. The maximum absolute atomic E-state index is 5.53. The van der Waals surface area contributed by atoms with Gasteiger partial charge in [0.05, 0.1) is 5.54 Å². The van der Waals surface area contributed by atoms with E-state index in [1.165, 1.54) is 0 Å². The van der Waals surface area contributed by atoms with Crippen molar-refractivity contribution >= 4 is 15.9 Å². The van der Waals surface area contributed by atoms with Crippen molar-refractivity contribution in [3.63, 3.8) is 0 Å². The number of aromatic nitrogens is 3. The van der Waals surface area contributed by atoms with Gasteiger partial charge in [-0.3, -0.25) is 4.98 Å². The monoisotopic (exact) mass is 336 g/mol. The van der Waals surface area contributed by atoms with E-state index in [-0.39, 0.29) is 5.54 Å². The summed E-state index contributed by atoms with van der Waals surface area (Å²) < 4.78 is 6.40. The van der Waals surface area contributed by atoms with Crippen molar-refractivity contribution in [3.8, 4) is 11.5 Å². The van der Waals surface area contributed by atoms with Crippen molar-refractivity contribution in [2.45, 2.75) is 38.1 Å². The second-order valence-electron chi connectivity index (χ2n) is 5.12. The quantitative estimate of drug-likeness (QED) is 0.928. The van der Waals surface area contributed by atoms with Gasteiger partial charge in [-0.25, -0.2) is 0 Å². The molecule has 1 N–H and O–H groups in total. The molecular formula is C14H17BrN4O. The lowest BCUT2D eigenvalue weighted by atomic mass is 9.92. The summed E-state index contributed by atoms with van der Waals surface area (Å²) in [5.74, 6) is 1.22. The molecule has 1 unspecified atom stereocenters. The Balaban J connectivity index is 1.95. The van der Waals surface area contributed by atoms with Gasteiger partial charge in [-0.1, -0.05) is 18.5 Å². The Morgan fingerprint density at radius 1 is 1.50 bits per heavy atom. The number of hydrogen-bond acceptors (Lipinski definition) is 5. The Bertz CT molecular complexity index is 592. The molecule has 1 fully saturated rings. The summed E-state index contributed by atoms with van der Waals surface area (Å²) in [6, 6.07) is 3.79. The van der Waals surface area contributed by atoms with Crippen molar-refractivity contribution in [2.24, 2.45) is 0 Å². The van der Waals surface area contributed by atoms with Gasteiger partial charge < -0.3 is 9.84 Å². The van der Waals surface area contributed by atoms with E-state index >= 15 is 0 Å². The van der Waals surface area contributed by atoms with Crippen LogP contribution in [0.2, 0.25) is 0 Å². The molecule has 0 aliphatic carbocycles. The molecule has 5 nitrogen and oxygen atoms in total. The fourth-order valence-electron chi connectivity index (χ4n) is 2.80. The Morgan fingerprint density at radius 3 is 3.10 bits per heavy atom. The summed E-state index contributed by atoms with van der Waals surface area (Å²) in [4.78, 5) is 8.89. The lowest BCUT2D eigenvalue weighted by Gasteiger charge is -2.24. The molecule has 0 aromatic carbocycles. The smallest absolute Gasteiger partial charge is 0.247 e. The molecule has 2 aromatic rings. The van der Waals surface area contributed by atoms with Gasteiger partial charge in [0.1, 0.15) is 5.69 Å². The Hall–Kier alpha value is -1.27. The highest BCUT2D eigenvalue weighted by Crippen LogP contribution is 2.35. The number of rotatable bonds is 4. The molecule has 0 amide bonds. The third kappa shape index (κ3) is 2.38. The molecule has 3 rings (SSSR count). The summed E-state index contributed by atoms with van der Waals surface area (Å²) in [6.45, 7) is 3.18. The molecule has 1 atom stereocenters. The summed E-state index contributed by atoms with van der Waals surface area (Å²) in [7, 11) is 0. The van der Waals surface area contributed by atoms with Crippen LogP contribution in [0, 0.1) is 0 Å². The van der Waals surface area contributed by atoms with Crippen molar-refractivity contribution in [3.05, 3.63) is 28.7 Å². The Kier molecular flexibility index (Phi) is 3.85. The van der Waals surface area contributed by atoms with Crippen LogP contribution in [-0.4, -0.2) is 21.7 Å². The predicted octanol–water partition coefficient (Wildman–Crippen LogP) is 3.27. The predicted molar refractivity (Wildman–Crippen MR) is 79.1 cm³/mol. The molecule has 1 aliphatic heterocycles. The van der Waals surface area contributed by atoms with Gasteiger partial charge in [0.25, 0.3) is 0 Å². The van der Waals surface area contributed by atoms with Gasteiger partial charge in [0.15, 0.2) is 0 Å². The Morgan fingerprint density at radius 2 is 2.40 bits per heavy atom. The minimum absolute atomic E-state index is 0.152. The van der Waals surface area contributed by atoms with Crippen LogP contribution >= 0.6 is 15.9 Å². The first-order valence-electron chi connectivity index (χ1n) is 6.95. The first kappa shape index (κ1) is 13.7. The van der Waals surface area contributed by atoms with Crippen LogP contribution in [0.3, 0.4) is 0 Å². The van der Waals surface area contributed by atoms with Crippen LogP contribution in [0.5, 0.6) is 0 Å². The van der Waals surface area contributed by atoms with E-state index in [9.17, 15) is 0 Å². The number of pyridine rings is 1. The van der Waals surface area contributed by atoms with E-state index < -0.39 is 0 Å². The summed E-state index contributed by atoms with van der Waals surface area (Å²) in [5, 5.41) is 7.64. The standard InChI is InChI=1S/C14H17BrN4O/c1-2-6-14(7-4-9-17-14)13-18-12(19-20-13)11-10(15)5-3-8-16-11/h3,5,8,17H,2,4,6-7,9H2,1H3. The highest BCUT2D eigenvalue weighted by atomic mass is 79.9. The average Bonchev–Trinajstić information content (AvgIpc) is 3.09. The molecule has 0 radical (unpaired) electrons. The largest absolute Gasteiger partial charge is 0.337 e. The maximum atomic E-state index is 5.53. The van der Waals surface area contributed by atoms with Crippen molar-refractivity contribution in [2.75, 3.05) is 6.54 Å². The number of nitrogens with one attached hydrogen (secondary N) is 1. The lowest BCUT2D eigenvalue weighted by molar-refractivity contribution is 0.241. The normalized spacial score (nSPS) is 22.3. The number of nitrogens with zero attached hydrogens (tertiary/aromatic N) is 3. The van der Waals surface area contributed by atoms with E-state index in [4.69, 9.17) is 4.52 Å². The van der Waals surface area contributed by atoms with Crippen molar-refractivity contribution < 1.29 is 4.52 Å². The van der Waals surface area contributed by atoms with Crippen LogP contribution in [0.25, 0.3) is 11.5 Å². The van der Waals surface area contributed by atoms with Crippen LogP contribution < -0.4 is 5.32 Å². The third-order valence-corrected chi connectivity index (χ3v) is 4.37. The van der Waals surface area contributed by atoms with E-state index in [0.29, 0.717) is 17.4 Å². The van der Waals surface area contributed by atoms with E-state index in [2.05, 4.69) is 43.3 Å². The second-order valence-corrected chi connectivity index (χ2v) is 5.97. The van der Waals surface area contributed by atoms with Crippen LogP contribution in [-0.2, 0) is 5.54 Å². The lowest BCUT2D eigenvalue weighted by Crippen LogP contribution is -2.36. The number of hydrogen-bond donors (Lipinski definition) is 1. The van der Waals surface area contributed by atoms with Crippen LogP contribution in [0.4, 0.5) is 0 Å². The van der Waals surface area contributed by atoms with E-state index in [0.717, 1.165) is 36.7 Å². The zero-order valence-corrected chi connectivity index (χ0v) is 13.0.